The predicted molar refractivity (Wildman–Crippen MR) is 140 cm³/mol. The van der Waals surface area contributed by atoms with Crippen molar-refractivity contribution in [3.8, 4) is 28.6 Å². The zero-order valence-electron chi connectivity index (χ0n) is 22.0. The Hall–Kier alpha value is -3.37. The number of nitrogens with zero attached hydrogens (tertiary/aromatic N) is 5. The predicted octanol–water partition coefficient (Wildman–Crippen LogP) is 4.04. The number of halogens is 1. The molecule has 2 aromatic carbocycles. The molecule has 11 heteroatoms. The number of benzene rings is 2. The first-order valence-corrected chi connectivity index (χ1v) is 12.3. The lowest BCUT2D eigenvalue weighted by molar-refractivity contribution is 0.0961. The highest BCUT2D eigenvalue weighted by molar-refractivity contribution is 6.35. The van der Waals surface area contributed by atoms with E-state index in [1.165, 1.54) is 19.0 Å². The van der Waals surface area contributed by atoms with Gasteiger partial charge in [-0.1, -0.05) is 32.4 Å². The van der Waals surface area contributed by atoms with Crippen LogP contribution in [0, 0.1) is 0 Å². The van der Waals surface area contributed by atoms with Crippen LogP contribution in [0.1, 0.15) is 36.7 Å². The molecule has 1 saturated heterocycles. The number of hydrogen-bond acceptors (Lipinski definition) is 9. The van der Waals surface area contributed by atoms with Gasteiger partial charge in [-0.2, -0.15) is 4.80 Å². The normalized spacial score (nSPS) is 14.0. The van der Waals surface area contributed by atoms with Crippen LogP contribution in [0.15, 0.2) is 24.3 Å². The number of carbonyl (C=O) groups excluding carboxylic acids is 1. The highest BCUT2D eigenvalue weighted by Gasteiger charge is 2.27. The molecule has 0 spiro atoms. The van der Waals surface area contributed by atoms with Crippen LogP contribution in [-0.4, -0.2) is 73.6 Å². The van der Waals surface area contributed by atoms with Crippen molar-refractivity contribution in [3.63, 3.8) is 0 Å². The molecule has 2 heterocycles. The fourth-order valence-electron chi connectivity index (χ4n) is 4.29. The third-order valence-corrected chi connectivity index (χ3v) is 6.59. The Balaban J connectivity index is 1.66. The van der Waals surface area contributed by atoms with E-state index in [9.17, 15) is 4.79 Å². The molecule has 198 valence electrons. The van der Waals surface area contributed by atoms with E-state index in [-0.39, 0.29) is 23.6 Å². The van der Waals surface area contributed by atoms with Gasteiger partial charge in [0.2, 0.25) is 5.82 Å². The van der Waals surface area contributed by atoms with E-state index in [1.807, 2.05) is 12.1 Å². The lowest BCUT2D eigenvalue weighted by atomic mass is 9.84. The molecule has 4 rings (SSSR count). The van der Waals surface area contributed by atoms with Gasteiger partial charge in [-0.3, -0.25) is 4.79 Å². The van der Waals surface area contributed by atoms with Gasteiger partial charge in [0.25, 0.3) is 0 Å². The molecule has 0 bridgehead atoms. The first kappa shape index (κ1) is 26.7. The van der Waals surface area contributed by atoms with Crippen LogP contribution in [0.25, 0.3) is 11.4 Å². The monoisotopic (exact) mass is 529 g/mol. The molecule has 0 amide bonds. The Morgan fingerprint density at radius 1 is 1.05 bits per heavy atom. The number of carbonyl (C=O) groups is 1. The Labute approximate surface area is 221 Å². The zero-order valence-corrected chi connectivity index (χ0v) is 22.8. The first-order valence-electron chi connectivity index (χ1n) is 11.9. The van der Waals surface area contributed by atoms with Gasteiger partial charge in [-0.15, -0.1) is 10.2 Å². The maximum Gasteiger partial charge on any atom is 0.206 e. The number of hydrogen-bond donors (Lipinski definition) is 0. The van der Waals surface area contributed by atoms with Crippen LogP contribution in [0.3, 0.4) is 0 Å². The minimum Gasteiger partial charge on any atom is -0.494 e. The third kappa shape index (κ3) is 5.50. The van der Waals surface area contributed by atoms with Crippen LogP contribution in [0.4, 0.5) is 5.69 Å². The second-order valence-corrected chi connectivity index (χ2v) is 10.0. The molecule has 37 heavy (non-hydrogen) atoms. The molecule has 3 aromatic rings. The van der Waals surface area contributed by atoms with Gasteiger partial charge in [0.15, 0.2) is 17.3 Å². The van der Waals surface area contributed by atoms with E-state index in [1.54, 1.807) is 19.2 Å². The van der Waals surface area contributed by atoms with Gasteiger partial charge in [-0.25, -0.2) is 0 Å². The lowest BCUT2D eigenvalue weighted by Gasteiger charge is -2.33. The molecule has 1 aromatic heterocycles. The molecule has 0 atom stereocenters. The van der Waals surface area contributed by atoms with Gasteiger partial charge in [0.1, 0.15) is 12.3 Å². The smallest absolute Gasteiger partial charge is 0.206 e. The van der Waals surface area contributed by atoms with Crippen molar-refractivity contribution in [1.29, 1.82) is 0 Å². The highest BCUT2D eigenvalue weighted by atomic mass is 35.5. The van der Waals surface area contributed by atoms with Gasteiger partial charge in [0, 0.05) is 29.8 Å². The van der Waals surface area contributed by atoms with E-state index >= 15 is 0 Å². The number of morpholine rings is 1. The van der Waals surface area contributed by atoms with Crippen molar-refractivity contribution >= 4 is 23.1 Å². The molecule has 1 aliphatic rings. The van der Waals surface area contributed by atoms with E-state index < -0.39 is 0 Å². The minimum atomic E-state index is -0.245. The Morgan fingerprint density at radius 2 is 1.76 bits per heavy atom. The van der Waals surface area contributed by atoms with E-state index in [4.69, 9.17) is 30.5 Å². The maximum atomic E-state index is 13.4. The summed E-state index contributed by atoms with van der Waals surface area (Å²) < 4.78 is 22.0. The number of anilines is 1. The SMILES string of the molecule is COc1ccc(-c2nnn(CC(=O)c3cc(N4CCOCC4)c(OC)c(C(C)(C)C)c3)n2)c(Cl)c1OC. The van der Waals surface area contributed by atoms with Gasteiger partial charge in [-0.05, 0) is 34.9 Å². The van der Waals surface area contributed by atoms with Crippen molar-refractivity contribution < 1.29 is 23.7 Å². The molecule has 10 nitrogen and oxygen atoms in total. The fraction of sp³-hybridized carbons (Fsp3) is 0.462. The second-order valence-electron chi connectivity index (χ2n) is 9.65. The molecule has 0 radical (unpaired) electrons. The van der Waals surface area contributed by atoms with Crippen LogP contribution < -0.4 is 19.1 Å². The Morgan fingerprint density at radius 3 is 2.38 bits per heavy atom. The van der Waals surface area contributed by atoms with E-state index in [0.29, 0.717) is 40.9 Å². The number of aromatic nitrogens is 4. The summed E-state index contributed by atoms with van der Waals surface area (Å²) in [6, 6.07) is 7.21. The summed E-state index contributed by atoms with van der Waals surface area (Å²) in [5, 5.41) is 12.9. The van der Waals surface area contributed by atoms with Crippen LogP contribution in [-0.2, 0) is 16.7 Å². The zero-order chi connectivity index (χ0) is 26.7. The maximum absolute atomic E-state index is 13.4. The number of Topliss-reactive ketones (excluding diaryl/α,β-unsaturated/α-hetero) is 1. The molecule has 0 saturated carbocycles. The molecule has 1 fully saturated rings. The summed E-state index contributed by atoms with van der Waals surface area (Å²) in [5.74, 6) is 1.76. The largest absolute Gasteiger partial charge is 0.494 e. The standard InChI is InChI=1S/C26H32ClN5O5/c1-26(2,3)18-13-16(14-19(23(18)35-5)31-9-11-37-12-10-31)20(33)15-32-29-25(28-30-32)17-7-8-21(34-4)24(36-6)22(17)27/h7-8,13-14H,9-12,15H2,1-6H3. The summed E-state index contributed by atoms with van der Waals surface area (Å²) in [4.78, 5) is 16.9. The number of tetrazole rings is 1. The second kappa shape index (κ2) is 10.9. The summed E-state index contributed by atoms with van der Waals surface area (Å²) in [7, 11) is 4.70. The number of rotatable bonds is 8. The highest BCUT2D eigenvalue weighted by Crippen LogP contribution is 2.42. The summed E-state index contributed by atoms with van der Waals surface area (Å²) >= 11 is 6.50. The topological polar surface area (TPSA) is 101 Å². The Kier molecular flexibility index (Phi) is 7.89. The van der Waals surface area contributed by atoms with Gasteiger partial charge in [0.05, 0.1) is 45.3 Å². The molecule has 1 aliphatic heterocycles. The lowest BCUT2D eigenvalue weighted by Crippen LogP contribution is -2.37. The Bertz CT molecular complexity index is 1280. The average molecular weight is 530 g/mol. The molecular formula is C26H32ClN5O5. The van der Waals surface area contributed by atoms with E-state index in [2.05, 4.69) is 41.1 Å². The van der Waals surface area contributed by atoms with Crippen molar-refractivity contribution in [2.75, 3.05) is 52.5 Å². The number of ketones is 1. The van der Waals surface area contributed by atoms with Crippen molar-refractivity contribution in [3.05, 3.63) is 40.4 Å². The summed E-state index contributed by atoms with van der Waals surface area (Å²) in [5.41, 5.74) is 2.66. The fourth-order valence-corrected chi connectivity index (χ4v) is 4.60. The van der Waals surface area contributed by atoms with Crippen molar-refractivity contribution in [2.24, 2.45) is 0 Å². The summed E-state index contributed by atoms with van der Waals surface area (Å²) in [6.07, 6.45) is 0. The number of ether oxygens (including phenoxy) is 4. The van der Waals surface area contributed by atoms with Gasteiger partial charge >= 0.3 is 0 Å². The first-order chi connectivity index (χ1) is 17.7. The number of methoxy groups -OCH3 is 3. The van der Waals surface area contributed by atoms with E-state index in [0.717, 1.165) is 30.1 Å². The minimum absolute atomic E-state index is 0.0869. The van der Waals surface area contributed by atoms with Crippen molar-refractivity contribution in [2.45, 2.75) is 32.7 Å². The van der Waals surface area contributed by atoms with Crippen LogP contribution in [0.5, 0.6) is 17.2 Å². The molecule has 0 N–H and O–H groups in total. The molecule has 0 unspecified atom stereocenters. The van der Waals surface area contributed by atoms with Crippen molar-refractivity contribution in [1.82, 2.24) is 20.2 Å². The average Bonchev–Trinajstić information content (AvgIpc) is 3.35. The van der Waals surface area contributed by atoms with Crippen LogP contribution >= 0.6 is 11.6 Å². The quantitative estimate of drug-likeness (QED) is 0.400. The molecule has 0 aliphatic carbocycles. The van der Waals surface area contributed by atoms with Crippen LogP contribution in [0.2, 0.25) is 5.02 Å². The third-order valence-electron chi connectivity index (χ3n) is 6.22. The molecular weight excluding hydrogens is 498 g/mol. The summed E-state index contributed by atoms with van der Waals surface area (Å²) in [6.45, 7) is 8.89. The van der Waals surface area contributed by atoms with Gasteiger partial charge < -0.3 is 23.8 Å².